The Labute approximate surface area is 187 Å². The number of nitrogens with one attached hydrogen (secondary N) is 1. The minimum Gasteiger partial charge on any atom is -0.317 e. The van der Waals surface area contributed by atoms with Gasteiger partial charge in [-0.1, -0.05) is 17.7 Å². The number of nitrogens with zero attached hydrogens (tertiary/aromatic N) is 6. The largest absolute Gasteiger partial charge is 0.332 e. The summed E-state index contributed by atoms with van der Waals surface area (Å²) in [4.78, 5) is 46.1. The Kier molecular flexibility index (Phi) is 5.25. The summed E-state index contributed by atoms with van der Waals surface area (Å²) in [5.74, 6) is -0.00744. The normalized spacial score (nSPS) is 11.3. The third kappa shape index (κ3) is 3.42. The van der Waals surface area contributed by atoms with E-state index in [-0.39, 0.29) is 23.6 Å². The number of benzene rings is 1. The van der Waals surface area contributed by atoms with E-state index in [0.29, 0.717) is 11.0 Å². The third-order valence-corrected chi connectivity index (χ3v) is 6.02. The van der Waals surface area contributed by atoms with Crippen LogP contribution in [0.1, 0.15) is 11.3 Å². The van der Waals surface area contributed by atoms with E-state index < -0.39 is 11.2 Å². The number of hydrogen-bond donors (Lipinski definition) is 1. The van der Waals surface area contributed by atoms with E-state index in [1.54, 1.807) is 4.57 Å². The van der Waals surface area contributed by atoms with Gasteiger partial charge in [-0.15, -0.1) is 0 Å². The van der Waals surface area contributed by atoms with Crippen molar-refractivity contribution in [2.45, 2.75) is 20.4 Å². The van der Waals surface area contributed by atoms with Crippen LogP contribution < -0.4 is 16.6 Å². The fourth-order valence-electron chi connectivity index (χ4n) is 3.59. The summed E-state index contributed by atoms with van der Waals surface area (Å²) in [6, 6.07) is 5.64. The topological polar surface area (TPSA) is 109 Å². The van der Waals surface area contributed by atoms with Crippen LogP contribution in [0.4, 0.5) is 5.95 Å². The lowest BCUT2D eigenvalue weighted by atomic mass is 10.1. The Bertz CT molecular complexity index is 1510. The highest BCUT2D eigenvalue weighted by atomic mass is 35.5. The van der Waals surface area contributed by atoms with Gasteiger partial charge in [-0.2, -0.15) is 0 Å². The van der Waals surface area contributed by atoms with Gasteiger partial charge < -0.3 is 9.13 Å². The first-order chi connectivity index (χ1) is 15.1. The molecule has 0 aliphatic carbocycles. The van der Waals surface area contributed by atoms with E-state index in [9.17, 15) is 14.4 Å². The summed E-state index contributed by atoms with van der Waals surface area (Å²) in [6.45, 7) is 3.67. The van der Waals surface area contributed by atoms with Gasteiger partial charge in [0.2, 0.25) is 11.9 Å². The summed E-state index contributed by atoms with van der Waals surface area (Å²) in [5.41, 5.74) is 2.84. The van der Waals surface area contributed by atoms with Crippen molar-refractivity contribution in [3.05, 3.63) is 61.6 Å². The van der Waals surface area contributed by atoms with Crippen LogP contribution in [-0.2, 0) is 32.5 Å². The molecular weight excluding hydrogens is 434 g/mol. The highest BCUT2D eigenvalue weighted by molar-refractivity contribution is 6.31. The molecule has 0 spiro atoms. The van der Waals surface area contributed by atoms with E-state index in [1.165, 1.54) is 29.6 Å². The molecule has 166 valence electrons. The number of imidazole rings is 2. The zero-order chi connectivity index (χ0) is 23.3. The first kappa shape index (κ1) is 21.6. The number of fused-ring (bicyclic) bond motifs is 1. The Morgan fingerprint density at radius 3 is 2.50 bits per heavy atom. The summed E-state index contributed by atoms with van der Waals surface area (Å²) < 4.78 is 5.46. The molecule has 0 aliphatic rings. The summed E-state index contributed by atoms with van der Waals surface area (Å²) in [6.07, 6.45) is 1.37. The highest BCUT2D eigenvalue weighted by Gasteiger charge is 2.18. The second-order valence-corrected chi connectivity index (χ2v) is 8.10. The molecule has 0 saturated heterocycles. The zero-order valence-corrected chi connectivity index (χ0v) is 19.1. The monoisotopic (exact) mass is 455 g/mol. The van der Waals surface area contributed by atoms with Crippen molar-refractivity contribution < 1.29 is 4.79 Å². The summed E-state index contributed by atoms with van der Waals surface area (Å²) in [5, 5.41) is 3.46. The molecule has 1 aromatic carbocycles. The Morgan fingerprint density at radius 2 is 1.81 bits per heavy atom. The molecule has 3 heterocycles. The van der Waals surface area contributed by atoms with Crippen LogP contribution in [0.25, 0.3) is 22.4 Å². The number of carbonyl (C=O) groups excluding carboxylic acids is 1. The average molecular weight is 456 g/mol. The lowest BCUT2D eigenvalue weighted by Gasteiger charge is -2.08. The maximum atomic E-state index is 12.8. The Balaban J connectivity index is 1.64. The number of aryl methyl sites for hydroxylation is 2. The molecule has 0 saturated carbocycles. The van der Waals surface area contributed by atoms with Gasteiger partial charge in [-0.3, -0.25) is 24.0 Å². The van der Waals surface area contributed by atoms with Crippen LogP contribution in [0, 0.1) is 13.8 Å². The van der Waals surface area contributed by atoms with Crippen molar-refractivity contribution in [1.29, 1.82) is 0 Å². The van der Waals surface area contributed by atoms with E-state index in [0.717, 1.165) is 27.1 Å². The van der Waals surface area contributed by atoms with Crippen molar-refractivity contribution >= 4 is 34.6 Å². The lowest BCUT2D eigenvalue weighted by molar-refractivity contribution is -0.116. The van der Waals surface area contributed by atoms with Crippen LogP contribution in [0.3, 0.4) is 0 Å². The minimum atomic E-state index is -0.512. The maximum Gasteiger partial charge on any atom is 0.332 e. The molecule has 0 bridgehead atoms. The predicted octanol–water partition coefficient (Wildman–Crippen LogP) is 1.74. The molecule has 3 aromatic heterocycles. The molecule has 0 radical (unpaired) electrons. The number of halogens is 1. The maximum absolute atomic E-state index is 12.8. The van der Waals surface area contributed by atoms with Crippen LogP contribution in [-0.4, -0.2) is 34.1 Å². The fraction of sp³-hybridized carbons (Fsp3) is 0.286. The summed E-state index contributed by atoms with van der Waals surface area (Å²) >= 11 is 6.13. The van der Waals surface area contributed by atoms with Gasteiger partial charge in [0.1, 0.15) is 6.54 Å². The predicted molar refractivity (Wildman–Crippen MR) is 122 cm³/mol. The second-order valence-electron chi connectivity index (χ2n) is 7.69. The zero-order valence-electron chi connectivity index (χ0n) is 18.3. The van der Waals surface area contributed by atoms with E-state index in [4.69, 9.17) is 11.6 Å². The quantitative estimate of drug-likeness (QED) is 0.504. The van der Waals surface area contributed by atoms with Crippen molar-refractivity contribution in [3.8, 4) is 11.3 Å². The Hall–Kier alpha value is -3.66. The number of aromatic nitrogens is 6. The first-order valence-electron chi connectivity index (χ1n) is 9.80. The van der Waals surface area contributed by atoms with Gasteiger partial charge in [0.05, 0.1) is 12.0 Å². The molecule has 10 nitrogen and oxygen atoms in total. The van der Waals surface area contributed by atoms with E-state index in [1.807, 2.05) is 39.1 Å². The smallest absolute Gasteiger partial charge is 0.317 e. The van der Waals surface area contributed by atoms with Crippen molar-refractivity contribution in [3.63, 3.8) is 0 Å². The number of anilines is 1. The van der Waals surface area contributed by atoms with Crippen molar-refractivity contribution in [1.82, 2.24) is 28.2 Å². The number of hydrogen-bond acceptors (Lipinski definition) is 5. The molecule has 1 N–H and O–H groups in total. The van der Waals surface area contributed by atoms with Gasteiger partial charge in [0.25, 0.3) is 5.56 Å². The third-order valence-electron chi connectivity index (χ3n) is 5.59. The van der Waals surface area contributed by atoms with E-state index >= 15 is 0 Å². The van der Waals surface area contributed by atoms with Gasteiger partial charge in [-0.25, -0.2) is 14.8 Å². The lowest BCUT2D eigenvalue weighted by Crippen LogP contribution is -2.37. The average Bonchev–Trinajstić information content (AvgIpc) is 3.29. The van der Waals surface area contributed by atoms with Gasteiger partial charge >= 0.3 is 5.69 Å². The molecule has 4 aromatic rings. The number of carbonyl (C=O) groups is 1. The molecular formula is C21H22ClN7O3. The molecule has 1 amide bonds. The van der Waals surface area contributed by atoms with Gasteiger partial charge in [0, 0.05) is 37.4 Å². The van der Waals surface area contributed by atoms with Gasteiger partial charge in [0.15, 0.2) is 11.2 Å². The van der Waals surface area contributed by atoms with Crippen LogP contribution in [0.15, 0.2) is 34.1 Å². The fourth-order valence-corrected chi connectivity index (χ4v) is 3.71. The molecule has 0 unspecified atom stereocenters. The van der Waals surface area contributed by atoms with Gasteiger partial charge in [-0.05, 0) is 31.5 Å². The highest BCUT2D eigenvalue weighted by Crippen LogP contribution is 2.28. The SMILES string of the molecule is Cc1cc(-c2nc(NC(=O)Cn3cnc4c3c(=O)n(C)c(=O)n4C)n(C)c2C)ccc1Cl. The Morgan fingerprint density at radius 1 is 1.09 bits per heavy atom. The van der Waals surface area contributed by atoms with Crippen LogP contribution in [0.5, 0.6) is 0 Å². The van der Waals surface area contributed by atoms with E-state index in [2.05, 4.69) is 15.3 Å². The standard InChI is InChI=1S/C21H22ClN7O3/c1-11-8-13(6-7-14(11)22)16-12(2)26(3)20(25-16)24-15(30)9-29-10-23-18-17(29)19(31)28(5)21(32)27(18)4/h6-8,10H,9H2,1-5H3,(H,24,25,30). The number of amides is 1. The minimum absolute atomic E-state index is 0.161. The van der Waals surface area contributed by atoms with Crippen molar-refractivity contribution in [2.24, 2.45) is 21.1 Å². The van der Waals surface area contributed by atoms with Crippen LogP contribution >= 0.6 is 11.6 Å². The molecule has 0 fully saturated rings. The van der Waals surface area contributed by atoms with Crippen LogP contribution in [0.2, 0.25) is 5.02 Å². The molecule has 0 aliphatic heterocycles. The first-order valence-corrected chi connectivity index (χ1v) is 10.2. The second kappa shape index (κ2) is 7.79. The number of rotatable bonds is 4. The molecule has 11 heteroatoms. The van der Waals surface area contributed by atoms with Crippen molar-refractivity contribution in [2.75, 3.05) is 5.32 Å². The molecule has 0 atom stereocenters. The summed E-state index contributed by atoms with van der Waals surface area (Å²) in [7, 11) is 4.72. The molecule has 32 heavy (non-hydrogen) atoms. The molecule has 4 rings (SSSR count).